The molecule has 198 valence electrons. The summed E-state index contributed by atoms with van der Waals surface area (Å²) in [6.45, 7) is 0.304. The van der Waals surface area contributed by atoms with Crippen LogP contribution in [-0.2, 0) is 26.7 Å². The minimum Gasteiger partial charge on any atom is -0.478 e. The highest BCUT2D eigenvalue weighted by Crippen LogP contribution is 2.53. The van der Waals surface area contributed by atoms with Crippen LogP contribution in [-0.4, -0.2) is 16.1 Å². The topological polar surface area (TPSA) is 89.0 Å². The summed E-state index contributed by atoms with van der Waals surface area (Å²) >= 11 is 17.1. The van der Waals surface area contributed by atoms with E-state index in [1.54, 1.807) is 48.5 Å². The summed E-state index contributed by atoms with van der Waals surface area (Å²) in [6, 6.07) is 16.5. The molecule has 0 aliphatic rings. The molecule has 0 radical (unpaired) electrons. The monoisotopic (exact) mass is 662 g/mol. The van der Waals surface area contributed by atoms with Crippen LogP contribution in [0.4, 0.5) is 19.9 Å². The lowest BCUT2D eigenvalue weighted by Crippen LogP contribution is -2.16. The molecule has 4 rings (SSSR count). The second-order valence-electron chi connectivity index (χ2n) is 7.92. The van der Waals surface area contributed by atoms with Crippen molar-refractivity contribution in [3.05, 3.63) is 97.3 Å². The van der Waals surface area contributed by atoms with Crippen molar-refractivity contribution in [1.29, 1.82) is 0 Å². The van der Waals surface area contributed by atoms with Gasteiger partial charge in [-0.3, -0.25) is 4.57 Å². The predicted octanol–water partition coefficient (Wildman–Crippen LogP) is 9.41. The van der Waals surface area contributed by atoms with Crippen molar-refractivity contribution in [1.82, 2.24) is 4.98 Å². The molecule has 0 amide bonds. The summed E-state index contributed by atoms with van der Waals surface area (Å²) in [5.74, 6) is -1.02. The Morgan fingerprint density at radius 2 is 1.76 bits per heavy atom. The number of hydrogen-bond donors (Lipinski definition) is 1. The average molecular weight is 664 g/mol. The van der Waals surface area contributed by atoms with Gasteiger partial charge in [0.15, 0.2) is 5.13 Å². The van der Waals surface area contributed by atoms with Crippen molar-refractivity contribution in [3.8, 4) is 11.3 Å². The molecule has 0 aliphatic carbocycles. The molecule has 0 aliphatic heterocycles. The van der Waals surface area contributed by atoms with Gasteiger partial charge in [0.2, 0.25) is 0 Å². The van der Waals surface area contributed by atoms with E-state index >= 15 is 0 Å². The standard InChI is InChI=1S/C24H16BrCl2F2N2O5PS/c25-19-9-14(1-2-17(19)12-37(34,35-28)36-29)11-31(18-7-8-20(26)21(27)10-18)24-30-22(13-38-24)15-3-5-16(6-4-15)23(32)33/h1-10,13H,11-12H2,(H,32,33). The summed E-state index contributed by atoms with van der Waals surface area (Å²) in [5, 5.41) is 12.3. The van der Waals surface area contributed by atoms with Gasteiger partial charge in [0.05, 0.1) is 34.0 Å². The first kappa shape index (κ1) is 28.6. The van der Waals surface area contributed by atoms with E-state index in [4.69, 9.17) is 33.3 Å². The Kier molecular flexibility index (Phi) is 9.20. The first-order valence-electron chi connectivity index (χ1n) is 10.6. The Labute approximate surface area is 238 Å². The van der Waals surface area contributed by atoms with E-state index in [1.165, 1.54) is 23.5 Å². The molecule has 7 nitrogen and oxygen atoms in total. The van der Waals surface area contributed by atoms with Gasteiger partial charge in [-0.1, -0.05) is 63.4 Å². The fourth-order valence-electron chi connectivity index (χ4n) is 3.49. The smallest absolute Gasteiger partial charge is 0.399 e. The molecular weight excluding hydrogens is 648 g/mol. The summed E-state index contributed by atoms with van der Waals surface area (Å²) in [7, 11) is -4.56. The maximum absolute atomic E-state index is 12.5. The van der Waals surface area contributed by atoms with Crippen LogP contribution in [0.2, 0.25) is 10.0 Å². The second kappa shape index (κ2) is 12.2. The van der Waals surface area contributed by atoms with E-state index < -0.39 is 19.7 Å². The van der Waals surface area contributed by atoms with Gasteiger partial charge in [0.1, 0.15) is 0 Å². The number of benzene rings is 3. The van der Waals surface area contributed by atoms with Gasteiger partial charge in [-0.25, -0.2) is 9.78 Å². The van der Waals surface area contributed by atoms with E-state index in [-0.39, 0.29) is 5.56 Å². The van der Waals surface area contributed by atoms with Crippen LogP contribution in [0, 0.1) is 0 Å². The molecule has 0 fully saturated rings. The number of nitrogens with zero attached hydrogens (tertiary/aromatic N) is 2. The molecular formula is C24H16BrCl2F2N2O5PS. The third-order valence-electron chi connectivity index (χ3n) is 5.40. The van der Waals surface area contributed by atoms with Crippen LogP contribution in [0.1, 0.15) is 21.5 Å². The lowest BCUT2D eigenvalue weighted by atomic mass is 10.1. The van der Waals surface area contributed by atoms with Crippen LogP contribution in [0.25, 0.3) is 11.3 Å². The summed E-state index contributed by atoms with van der Waals surface area (Å²) < 4.78 is 43.8. The number of hydrogen-bond acceptors (Lipinski definition) is 7. The molecule has 0 saturated carbocycles. The third kappa shape index (κ3) is 6.60. The maximum atomic E-state index is 12.5. The molecule has 1 aromatic heterocycles. The van der Waals surface area contributed by atoms with Crippen molar-refractivity contribution in [3.63, 3.8) is 0 Å². The molecule has 3 aromatic carbocycles. The van der Waals surface area contributed by atoms with E-state index in [2.05, 4.69) is 25.4 Å². The van der Waals surface area contributed by atoms with Gasteiger partial charge in [-0.2, -0.15) is 0 Å². The first-order valence-corrected chi connectivity index (χ1v) is 14.8. The second-order valence-corrected chi connectivity index (χ2v) is 12.2. The molecule has 4 aromatic rings. The maximum Gasteiger partial charge on any atom is 0.399 e. The highest BCUT2D eigenvalue weighted by atomic mass is 79.9. The molecule has 0 spiro atoms. The van der Waals surface area contributed by atoms with Crippen molar-refractivity contribution in [2.24, 2.45) is 0 Å². The van der Waals surface area contributed by atoms with Crippen molar-refractivity contribution in [2.75, 3.05) is 4.90 Å². The van der Waals surface area contributed by atoms with Gasteiger partial charge in [0.25, 0.3) is 0 Å². The third-order valence-corrected chi connectivity index (χ3v) is 8.89. The zero-order valence-corrected chi connectivity index (χ0v) is 23.8. The van der Waals surface area contributed by atoms with Gasteiger partial charge >= 0.3 is 13.6 Å². The quantitative estimate of drug-likeness (QED) is 0.169. The highest BCUT2D eigenvalue weighted by Gasteiger charge is 2.29. The SMILES string of the molecule is O=C(O)c1ccc(-c2csc(N(Cc3ccc(CP(=O)(OF)OF)c(Br)c3)c3ccc(Cl)c(Cl)c3)n2)cc1. The minimum absolute atomic E-state index is 0.170. The average Bonchev–Trinajstić information content (AvgIpc) is 3.40. The first-order chi connectivity index (χ1) is 18.1. The molecule has 0 unspecified atom stereocenters. The van der Waals surface area contributed by atoms with Crippen LogP contribution >= 0.6 is 58.1 Å². The van der Waals surface area contributed by atoms with Crippen molar-refractivity contribution in [2.45, 2.75) is 12.7 Å². The zero-order valence-electron chi connectivity index (χ0n) is 19.0. The summed E-state index contributed by atoms with van der Waals surface area (Å²) in [4.78, 5) is 17.8. The lowest BCUT2D eigenvalue weighted by molar-refractivity contribution is -0.0881. The van der Waals surface area contributed by atoms with Crippen LogP contribution in [0.5, 0.6) is 0 Å². The Bertz CT molecular complexity index is 1520. The van der Waals surface area contributed by atoms with E-state index in [0.29, 0.717) is 43.1 Å². The molecule has 1 heterocycles. The number of halogens is 5. The fourth-order valence-corrected chi connectivity index (χ4v) is 6.24. The molecule has 14 heteroatoms. The molecule has 1 N–H and O–H groups in total. The van der Waals surface area contributed by atoms with Gasteiger partial charge < -0.3 is 10.0 Å². The Balaban J connectivity index is 1.67. The Morgan fingerprint density at radius 3 is 2.37 bits per heavy atom. The van der Waals surface area contributed by atoms with E-state index in [1.807, 2.05) is 10.3 Å². The van der Waals surface area contributed by atoms with Crippen molar-refractivity contribution >= 4 is 74.9 Å². The minimum atomic E-state index is -4.56. The lowest BCUT2D eigenvalue weighted by Gasteiger charge is -2.23. The highest BCUT2D eigenvalue weighted by molar-refractivity contribution is 9.10. The number of aromatic nitrogens is 1. The fraction of sp³-hybridized carbons (Fsp3) is 0.0833. The molecule has 0 saturated heterocycles. The van der Waals surface area contributed by atoms with Gasteiger partial charge in [-0.05, 0) is 56.6 Å². The van der Waals surface area contributed by atoms with Crippen LogP contribution < -0.4 is 4.90 Å². The van der Waals surface area contributed by atoms with E-state index in [0.717, 1.165) is 11.1 Å². The Hall–Kier alpha value is -2.37. The molecule has 38 heavy (non-hydrogen) atoms. The number of rotatable bonds is 10. The number of carboxylic acids is 1. The van der Waals surface area contributed by atoms with Crippen LogP contribution in [0.15, 0.2) is 70.5 Å². The molecule has 0 bridgehead atoms. The largest absolute Gasteiger partial charge is 0.478 e. The zero-order chi connectivity index (χ0) is 27.4. The van der Waals surface area contributed by atoms with Crippen molar-refractivity contribution < 1.29 is 33.0 Å². The van der Waals surface area contributed by atoms with Gasteiger partial charge in [-0.15, -0.1) is 20.8 Å². The number of thiazole rings is 1. The Morgan fingerprint density at radius 1 is 1.05 bits per heavy atom. The van der Waals surface area contributed by atoms with Gasteiger partial charge in [0, 0.05) is 21.1 Å². The summed E-state index contributed by atoms with van der Waals surface area (Å²) in [5.41, 5.74) is 3.34. The van der Waals surface area contributed by atoms with E-state index in [9.17, 15) is 18.4 Å². The molecule has 0 atom stereocenters. The number of aromatic carboxylic acids is 1. The summed E-state index contributed by atoms with van der Waals surface area (Å²) in [6.07, 6.45) is -0.617. The number of carboxylic acid groups (broad SMARTS) is 1. The predicted molar refractivity (Wildman–Crippen MR) is 147 cm³/mol. The van der Waals surface area contributed by atoms with Crippen LogP contribution in [0.3, 0.4) is 0 Å². The number of anilines is 2. The normalized spacial score (nSPS) is 11.5. The number of carbonyl (C=O) groups is 1.